The zero-order chi connectivity index (χ0) is 15.6. The summed E-state index contributed by atoms with van der Waals surface area (Å²) >= 11 is 3.12. The van der Waals surface area contributed by atoms with Crippen molar-refractivity contribution in [3.63, 3.8) is 0 Å². The Morgan fingerprint density at radius 1 is 1.24 bits per heavy atom. The lowest BCUT2D eigenvalue weighted by Crippen LogP contribution is -2.02. The van der Waals surface area contributed by atoms with Crippen LogP contribution in [-0.4, -0.2) is 16.0 Å². The third-order valence-corrected chi connectivity index (χ3v) is 3.01. The van der Waals surface area contributed by atoms with E-state index < -0.39 is 16.7 Å². The van der Waals surface area contributed by atoms with Crippen molar-refractivity contribution in [2.24, 2.45) is 0 Å². The smallest absolute Gasteiger partial charge is 0.339 e. The van der Waals surface area contributed by atoms with E-state index in [-0.39, 0.29) is 22.7 Å². The number of hydrogen-bond donors (Lipinski definition) is 1. The Balaban J connectivity index is 2.50. The SMILES string of the molecule is O=C(O)c1ccc([N+](=O)[O-])cc1Oc1cc(Br)ccc1F. The van der Waals surface area contributed by atoms with Crippen LogP contribution in [0.4, 0.5) is 10.1 Å². The monoisotopic (exact) mass is 355 g/mol. The van der Waals surface area contributed by atoms with Crippen molar-refractivity contribution in [3.05, 3.63) is 62.4 Å². The largest absolute Gasteiger partial charge is 0.478 e. The molecule has 0 saturated carbocycles. The molecule has 0 radical (unpaired) electrons. The van der Waals surface area contributed by atoms with Gasteiger partial charge in [-0.15, -0.1) is 0 Å². The molecule has 6 nitrogen and oxygen atoms in total. The molecule has 0 saturated heterocycles. The molecule has 8 heteroatoms. The van der Waals surface area contributed by atoms with Crippen molar-refractivity contribution in [2.45, 2.75) is 0 Å². The number of nitrogens with zero attached hydrogens (tertiary/aromatic N) is 1. The Hall–Kier alpha value is -2.48. The number of carbonyl (C=O) groups is 1. The van der Waals surface area contributed by atoms with Crippen LogP contribution in [-0.2, 0) is 0 Å². The molecule has 0 aliphatic rings. The maximum Gasteiger partial charge on any atom is 0.339 e. The van der Waals surface area contributed by atoms with Crippen molar-refractivity contribution in [3.8, 4) is 11.5 Å². The van der Waals surface area contributed by atoms with Gasteiger partial charge in [-0.3, -0.25) is 10.1 Å². The fourth-order valence-electron chi connectivity index (χ4n) is 1.56. The van der Waals surface area contributed by atoms with E-state index in [0.717, 1.165) is 24.3 Å². The van der Waals surface area contributed by atoms with Gasteiger partial charge in [0.15, 0.2) is 11.6 Å². The minimum atomic E-state index is -1.34. The lowest BCUT2D eigenvalue weighted by atomic mass is 10.2. The number of carboxylic acids is 1. The molecular formula is C13H7BrFNO5. The van der Waals surface area contributed by atoms with Gasteiger partial charge in [-0.05, 0) is 24.3 Å². The van der Waals surface area contributed by atoms with E-state index in [1.165, 1.54) is 12.1 Å². The molecule has 0 fully saturated rings. The summed E-state index contributed by atoms with van der Waals surface area (Å²) < 4.78 is 19.3. The van der Waals surface area contributed by atoms with Crippen LogP contribution in [0.25, 0.3) is 0 Å². The number of hydrogen-bond acceptors (Lipinski definition) is 4. The summed E-state index contributed by atoms with van der Waals surface area (Å²) in [6.07, 6.45) is 0. The summed E-state index contributed by atoms with van der Waals surface area (Å²) in [5.41, 5.74) is -0.662. The molecule has 2 aromatic carbocycles. The molecule has 0 aliphatic carbocycles. The van der Waals surface area contributed by atoms with E-state index >= 15 is 0 Å². The van der Waals surface area contributed by atoms with Gasteiger partial charge in [0.1, 0.15) is 11.3 Å². The van der Waals surface area contributed by atoms with Gasteiger partial charge in [-0.1, -0.05) is 15.9 Å². The van der Waals surface area contributed by atoms with Gasteiger partial charge in [-0.25, -0.2) is 9.18 Å². The van der Waals surface area contributed by atoms with Gasteiger partial charge in [-0.2, -0.15) is 0 Å². The predicted octanol–water partition coefficient (Wildman–Crippen LogP) is 3.99. The van der Waals surface area contributed by atoms with Crippen LogP contribution in [0.15, 0.2) is 40.9 Å². The van der Waals surface area contributed by atoms with Crippen molar-refractivity contribution < 1.29 is 24.0 Å². The predicted molar refractivity (Wildman–Crippen MR) is 74.2 cm³/mol. The van der Waals surface area contributed by atoms with Crippen LogP contribution < -0.4 is 4.74 Å². The number of aromatic carboxylic acids is 1. The Morgan fingerprint density at radius 2 is 1.95 bits per heavy atom. The fraction of sp³-hybridized carbons (Fsp3) is 0. The molecule has 108 valence electrons. The molecule has 0 aromatic heterocycles. The molecule has 0 aliphatic heterocycles. The van der Waals surface area contributed by atoms with Crippen molar-refractivity contribution >= 4 is 27.6 Å². The van der Waals surface area contributed by atoms with E-state index in [9.17, 15) is 19.3 Å². The average Bonchev–Trinajstić information content (AvgIpc) is 2.42. The minimum Gasteiger partial charge on any atom is -0.478 e. The molecular weight excluding hydrogens is 349 g/mol. The molecule has 0 atom stereocenters. The summed E-state index contributed by atoms with van der Waals surface area (Å²) in [6.45, 7) is 0. The number of carboxylic acid groups (broad SMARTS) is 1. The summed E-state index contributed by atoms with van der Waals surface area (Å²) in [6, 6.07) is 6.85. The standard InChI is InChI=1S/C13H7BrFNO5/c14-7-1-4-10(15)12(5-7)21-11-6-8(16(19)20)2-3-9(11)13(17)18/h1-6H,(H,17,18). The third kappa shape index (κ3) is 3.34. The van der Waals surface area contributed by atoms with Gasteiger partial charge in [0, 0.05) is 10.5 Å². The first-order valence-corrected chi connectivity index (χ1v) is 6.32. The van der Waals surface area contributed by atoms with Crippen LogP contribution in [0.3, 0.4) is 0 Å². The Morgan fingerprint density at radius 3 is 2.57 bits per heavy atom. The van der Waals surface area contributed by atoms with Crippen LogP contribution >= 0.6 is 15.9 Å². The van der Waals surface area contributed by atoms with E-state index in [0.29, 0.717) is 4.47 Å². The van der Waals surface area contributed by atoms with Crippen LogP contribution in [0.1, 0.15) is 10.4 Å². The zero-order valence-corrected chi connectivity index (χ0v) is 11.8. The molecule has 1 N–H and O–H groups in total. The quantitative estimate of drug-likeness (QED) is 0.661. The van der Waals surface area contributed by atoms with Gasteiger partial charge in [0.2, 0.25) is 0 Å². The lowest BCUT2D eigenvalue weighted by molar-refractivity contribution is -0.384. The number of halogens is 2. The highest BCUT2D eigenvalue weighted by Gasteiger charge is 2.18. The molecule has 0 spiro atoms. The number of rotatable bonds is 4. The highest BCUT2D eigenvalue weighted by Crippen LogP contribution is 2.32. The van der Waals surface area contributed by atoms with Crippen LogP contribution in [0.2, 0.25) is 0 Å². The summed E-state index contributed by atoms with van der Waals surface area (Å²) in [7, 11) is 0. The van der Waals surface area contributed by atoms with Crippen molar-refractivity contribution in [2.75, 3.05) is 0 Å². The van der Waals surface area contributed by atoms with Gasteiger partial charge in [0.05, 0.1) is 11.0 Å². The molecule has 0 heterocycles. The summed E-state index contributed by atoms with van der Waals surface area (Å²) in [4.78, 5) is 21.1. The van der Waals surface area contributed by atoms with Crippen LogP contribution in [0, 0.1) is 15.9 Å². The number of benzene rings is 2. The lowest BCUT2D eigenvalue weighted by Gasteiger charge is -2.09. The van der Waals surface area contributed by atoms with Crippen molar-refractivity contribution in [1.29, 1.82) is 0 Å². The van der Waals surface area contributed by atoms with Crippen LogP contribution in [0.5, 0.6) is 11.5 Å². The topological polar surface area (TPSA) is 89.7 Å². The second-order valence-electron chi connectivity index (χ2n) is 3.92. The molecule has 2 aromatic rings. The van der Waals surface area contributed by atoms with E-state index in [1.807, 2.05) is 0 Å². The molecule has 0 unspecified atom stereocenters. The normalized spacial score (nSPS) is 10.2. The van der Waals surface area contributed by atoms with E-state index in [1.54, 1.807) is 0 Å². The Kier molecular flexibility index (Phi) is 4.18. The van der Waals surface area contributed by atoms with Gasteiger partial charge < -0.3 is 9.84 Å². The second kappa shape index (κ2) is 5.88. The third-order valence-electron chi connectivity index (χ3n) is 2.52. The number of nitro benzene ring substituents is 1. The summed E-state index contributed by atoms with van der Waals surface area (Å²) in [5.74, 6) is -2.61. The van der Waals surface area contributed by atoms with E-state index in [2.05, 4.69) is 15.9 Å². The summed E-state index contributed by atoms with van der Waals surface area (Å²) in [5, 5.41) is 19.8. The minimum absolute atomic E-state index is 0.243. The molecule has 2 rings (SSSR count). The number of nitro groups is 1. The highest BCUT2D eigenvalue weighted by molar-refractivity contribution is 9.10. The van der Waals surface area contributed by atoms with Gasteiger partial charge >= 0.3 is 5.97 Å². The molecule has 0 bridgehead atoms. The first kappa shape index (κ1) is 14.9. The average molecular weight is 356 g/mol. The highest BCUT2D eigenvalue weighted by atomic mass is 79.9. The second-order valence-corrected chi connectivity index (χ2v) is 4.84. The molecule has 0 amide bonds. The zero-order valence-electron chi connectivity index (χ0n) is 10.2. The first-order valence-electron chi connectivity index (χ1n) is 5.53. The van der Waals surface area contributed by atoms with Crippen molar-refractivity contribution in [1.82, 2.24) is 0 Å². The number of ether oxygens (including phenoxy) is 1. The Labute approximate surface area is 126 Å². The maximum atomic E-state index is 13.6. The fourth-order valence-corrected chi connectivity index (χ4v) is 1.90. The van der Waals surface area contributed by atoms with E-state index in [4.69, 9.17) is 9.84 Å². The maximum absolute atomic E-state index is 13.6. The number of non-ortho nitro benzene ring substituents is 1. The first-order chi connectivity index (χ1) is 9.88. The molecule has 21 heavy (non-hydrogen) atoms. The van der Waals surface area contributed by atoms with Gasteiger partial charge in [0.25, 0.3) is 5.69 Å². The Bertz CT molecular complexity index is 734.